The summed E-state index contributed by atoms with van der Waals surface area (Å²) in [6.07, 6.45) is 0.208. The number of carbonyl (C=O) groups is 1. The molecular weight excluding hydrogens is 148 g/mol. The number of carboxylic acid groups (broad SMARTS) is 1. The van der Waals surface area contributed by atoms with Gasteiger partial charge in [-0.15, -0.1) is 0 Å². The van der Waals surface area contributed by atoms with Crippen LogP contribution in [-0.4, -0.2) is 35.5 Å². The van der Waals surface area contributed by atoms with Crippen LogP contribution in [0.15, 0.2) is 0 Å². The summed E-state index contributed by atoms with van der Waals surface area (Å²) in [6, 6.07) is 0. The van der Waals surface area contributed by atoms with E-state index >= 15 is 0 Å². The van der Waals surface area contributed by atoms with Gasteiger partial charge >= 0.3 is 5.97 Å². The molecule has 0 aromatic carbocycles. The Morgan fingerprint density at radius 2 is 2.18 bits per heavy atom. The Hall–Kier alpha value is -0.610. The zero-order valence-corrected chi connectivity index (χ0v) is 6.62. The number of ether oxygens (including phenoxy) is 1. The predicted octanol–water partition coefficient (Wildman–Crippen LogP) is 0.249. The van der Waals surface area contributed by atoms with E-state index in [1.54, 1.807) is 6.92 Å². The first-order valence-corrected chi connectivity index (χ1v) is 3.60. The summed E-state index contributed by atoms with van der Waals surface area (Å²) < 4.78 is 4.91. The lowest BCUT2D eigenvalue weighted by Gasteiger charge is -2.03. The van der Waals surface area contributed by atoms with Crippen molar-refractivity contribution in [1.29, 1.82) is 0 Å². The lowest BCUT2D eigenvalue weighted by molar-refractivity contribution is -0.138. The van der Waals surface area contributed by atoms with Crippen LogP contribution in [0.4, 0.5) is 0 Å². The van der Waals surface area contributed by atoms with Crippen molar-refractivity contribution in [3.05, 3.63) is 0 Å². The summed E-state index contributed by atoms with van der Waals surface area (Å²) >= 11 is 0. The highest BCUT2D eigenvalue weighted by molar-refractivity contribution is 5.66. The van der Waals surface area contributed by atoms with Crippen molar-refractivity contribution in [1.82, 2.24) is 0 Å². The molecule has 0 aliphatic carbocycles. The van der Waals surface area contributed by atoms with Gasteiger partial charge in [0.15, 0.2) is 0 Å². The Bertz CT molecular complexity index is 111. The van der Waals surface area contributed by atoms with Gasteiger partial charge < -0.3 is 14.9 Å². The zero-order valence-electron chi connectivity index (χ0n) is 6.62. The van der Waals surface area contributed by atoms with Gasteiger partial charge in [0.05, 0.1) is 19.1 Å². The van der Waals surface area contributed by atoms with Gasteiger partial charge in [0.1, 0.15) is 0 Å². The largest absolute Gasteiger partial charge is 0.481 e. The van der Waals surface area contributed by atoms with E-state index in [1.165, 1.54) is 0 Å². The first-order valence-electron chi connectivity index (χ1n) is 3.60. The van der Waals surface area contributed by atoms with Gasteiger partial charge in [-0.1, -0.05) is 0 Å². The van der Waals surface area contributed by atoms with Crippen LogP contribution < -0.4 is 0 Å². The van der Waals surface area contributed by atoms with Crippen molar-refractivity contribution in [2.75, 3.05) is 13.2 Å². The van der Waals surface area contributed by atoms with Crippen molar-refractivity contribution in [3.8, 4) is 0 Å². The van der Waals surface area contributed by atoms with Crippen molar-refractivity contribution in [2.24, 2.45) is 0 Å². The van der Waals surface area contributed by atoms with Crippen LogP contribution in [0.25, 0.3) is 0 Å². The summed E-state index contributed by atoms with van der Waals surface area (Å²) in [5, 5.41) is 17.0. The summed E-state index contributed by atoms with van der Waals surface area (Å²) in [5.74, 6) is -0.859. The average Bonchev–Trinajstić information content (AvgIpc) is 1.85. The number of rotatable bonds is 6. The fraction of sp³-hybridized carbons (Fsp3) is 0.857. The predicted molar refractivity (Wildman–Crippen MR) is 39.4 cm³/mol. The van der Waals surface area contributed by atoms with Crippen LogP contribution in [0.3, 0.4) is 0 Å². The molecule has 0 unspecified atom stereocenters. The smallest absolute Gasteiger partial charge is 0.305 e. The number of hydrogen-bond acceptors (Lipinski definition) is 3. The van der Waals surface area contributed by atoms with Crippen molar-refractivity contribution < 1.29 is 19.7 Å². The van der Waals surface area contributed by atoms with Gasteiger partial charge in [0, 0.05) is 6.61 Å². The van der Waals surface area contributed by atoms with Crippen LogP contribution in [0.5, 0.6) is 0 Å². The molecule has 66 valence electrons. The maximum atomic E-state index is 9.97. The zero-order chi connectivity index (χ0) is 8.69. The molecule has 0 saturated carbocycles. The van der Waals surface area contributed by atoms with Crippen LogP contribution in [0.1, 0.15) is 19.8 Å². The molecule has 0 bridgehead atoms. The third-order valence-corrected chi connectivity index (χ3v) is 1.14. The molecule has 0 aromatic heterocycles. The highest BCUT2D eigenvalue weighted by atomic mass is 16.5. The van der Waals surface area contributed by atoms with Gasteiger partial charge in [-0.3, -0.25) is 4.79 Å². The Balaban J connectivity index is 2.97. The maximum absolute atomic E-state index is 9.97. The van der Waals surface area contributed by atoms with E-state index in [9.17, 15) is 4.79 Å². The maximum Gasteiger partial charge on any atom is 0.305 e. The van der Waals surface area contributed by atoms with Gasteiger partial charge in [0.2, 0.25) is 0 Å². The lowest BCUT2D eigenvalue weighted by atomic mass is 10.3. The highest BCUT2D eigenvalue weighted by Crippen LogP contribution is 1.91. The van der Waals surface area contributed by atoms with Gasteiger partial charge in [-0.05, 0) is 13.3 Å². The summed E-state index contributed by atoms with van der Waals surface area (Å²) in [7, 11) is 0. The van der Waals surface area contributed by atoms with Crippen molar-refractivity contribution in [2.45, 2.75) is 25.9 Å². The molecule has 0 spiro atoms. The average molecular weight is 162 g/mol. The summed E-state index contributed by atoms with van der Waals surface area (Å²) in [6.45, 7) is 2.31. The summed E-state index contributed by atoms with van der Waals surface area (Å²) in [4.78, 5) is 9.97. The van der Waals surface area contributed by atoms with E-state index in [-0.39, 0.29) is 19.1 Å². The van der Waals surface area contributed by atoms with E-state index in [0.29, 0.717) is 13.0 Å². The minimum atomic E-state index is -0.859. The first-order chi connectivity index (χ1) is 5.13. The molecule has 4 nitrogen and oxygen atoms in total. The number of carboxylic acids is 1. The number of aliphatic carboxylic acids is 1. The second kappa shape index (κ2) is 6.12. The molecule has 0 heterocycles. The van der Waals surface area contributed by atoms with E-state index < -0.39 is 5.97 Å². The van der Waals surface area contributed by atoms with Crippen LogP contribution in [-0.2, 0) is 9.53 Å². The molecule has 0 aliphatic heterocycles. The fourth-order valence-corrected chi connectivity index (χ4v) is 0.515. The van der Waals surface area contributed by atoms with E-state index in [4.69, 9.17) is 14.9 Å². The molecule has 0 fully saturated rings. The van der Waals surface area contributed by atoms with Crippen molar-refractivity contribution in [3.63, 3.8) is 0 Å². The number of hydrogen-bond donors (Lipinski definition) is 2. The third-order valence-electron chi connectivity index (χ3n) is 1.14. The highest BCUT2D eigenvalue weighted by Gasteiger charge is 1.97. The standard InChI is InChI=1S/C7H14O4/c1-6(8)2-4-11-5-3-7(9)10/h6,8H,2-5H2,1H3,(H,9,10)/t6-/m0/s1. The first kappa shape index (κ1) is 10.4. The minimum Gasteiger partial charge on any atom is -0.481 e. The Morgan fingerprint density at radius 3 is 2.64 bits per heavy atom. The van der Waals surface area contributed by atoms with Crippen molar-refractivity contribution >= 4 is 5.97 Å². The quantitative estimate of drug-likeness (QED) is 0.549. The monoisotopic (exact) mass is 162 g/mol. The normalized spacial score (nSPS) is 12.9. The molecule has 11 heavy (non-hydrogen) atoms. The molecule has 0 saturated heterocycles. The second-order valence-corrected chi connectivity index (χ2v) is 2.39. The van der Waals surface area contributed by atoms with Gasteiger partial charge in [0.25, 0.3) is 0 Å². The Kier molecular flexibility index (Phi) is 5.78. The van der Waals surface area contributed by atoms with Crippen LogP contribution in [0, 0.1) is 0 Å². The topological polar surface area (TPSA) is 66.8 Å². The Labute approximate surface area is 65.8 Å². The Morgan fingerprint density at radius 1 is 1.55 bits per heavy atom. The molecule has 0 aliphatic rings. The lowest BCUT2D eigenvalue weighted by Crippen LogP contribution is -2.08. The molecule has 1 atom stereocenters. The molecule has 0 aromatic rings. The SMILES string of the molecule is C[C@H](O)CCOCCC(=O)O. The molecule has 0 rings (SSSR count). The minimum absolute atomic E-state index is 0.0276. The van der Waals surface area contributed by atoms with E-state index in [0.717, 1.165) is 0 Å². The fourth-order valence-electron chi connectivity index (χ4n) is 0.515. The summed E-state index contributed by atoms with van der Waals surface area (Å²) in [5.41, 5.74) is 0. The second-order valence-electron chi connectivity index (χ2n) is 2.39. The third kappa shape index (κ3) is 9.39. The molecule has 0 radical (unpaired) electrons. The molecule has 4 heteroatoms. The van der Waals surface area contributed by atoms with E-state index in [2.05, 4.69) is 0 Å². The van der Waals surface area contributed by atoms with Gasteiger partial charge in [-0.2, -0.15) is 0 Å². The van der Waals surface area contributed by atoms with Crippen LogP contribution >= 0.6 is 0 Å². The number of aliphatic hydroxyl groups is 1. The number of aliphatic hydroxyl groups excluding tert-OH is 1. The molecule has 2 N–H and O–H groups in total. The van der Waals surface area contributed by atoms with Gasteiger partial charge in [-0.25, -0.2) is 0 Å². The molecular formula is C7H14O4. The molecule has 0 amide bonds. The van der Waals surface area contributed by atoms with E-state index in [1.807, 2.05) is 0 Å². The van der Waals surface area contributed by atoms with Crippen LogP contribution in [0.2, 0.25) is 0 Å².